The lowest BCUT2D eigenvalue weighted by Crippen LogP contribution is -2.46. The van der Waals surface area contributed by atoms with Crippen LogP contribution in [0.3, 0.4) is 0 Å². The molecule has 1 heterocycles. The smallest absolute Gasteiger partial charge is 0.223 e. The average Bonchev–Trinajstić information content (AvgIpc) is 2.27. The Morgan fingerprint density at radius 1 is 1.27 bits per heavy atom. The number of hydrogen-bond acceptors (Lipinski definition) is 3. The van der Waals surface area contributed by atoms with Crippen molar-refractivity contribution in [3.8, 4) is 0 Å². The maximum Gasteiger partial charge on any atom is 0.223 e. The number of hydrogen-bond donors (Lipinski definition) is 1. The summed E-state index contributed by atoms with van der Waals surface area (Å²) in [5, 5.41) is 3.18. The minimum absolute atomic E-state index is 0.0287. The SMILES string of the molecule is C/C=C/C(=O)CCC(=O)N1CCNCC1. The molecule has 4 nitrogen and oxygen atoms in total. The van der Waals surface area contributed by atoms with Gasteiger partial charge in [-0.1, -0.05) is 6.08 Å². The third-order valence-electron chi connectivity index (χ3n) is 2.41. The van der Waals surface area contributed by atoms with E-state index in [9.17, 15) is 9.59 Å². The van der Waals surface area contributed by atoms with Gasteiger partial charge in [0.05, 0.1) is 0 Å². The number of amides is 1. The van der Waals surface area contributed by atoms with E-state index in [0.29, 0.717) is 12.8 Å². The predicted molar refractivity (Wildman–Crippen MR) is 58.5 cm³/mol. The zero-order valence-corrected chi connectivity index (χ0v) is 9.16. The minimum Gasteiger partial charge on any atom is -0.340 e. The molecule has 1 rings (SSSR count). The summed E-state index contributed by atoms with van der Waals surface area (Å²) in [6.45, 7) is 5.03. The summed E-state index contributed by atoms with van der Waals surface area (Å²) < 4.78 is 0. The zero-order chi connectivity index (χ0) is 11.1. The van der Waals surface area contributed by atoms with Gasteiger partial charge in [0.15, 0.2) is 5.78 Å². The second-order valence-corrected chi connectivity index (χ2v) is 3.60. The molecule has 1 aliphatic rings. The highest BCUT2D eigenvalue weighted by Crippen LogP contribution is 2.01. The molecule has 0 saturated carbocycles. The lowest BCUT2D eigenvalue weighted by molar-refractivity contribution is -0.133. The summed E-state index contributed by atoms with van der Waals surface area (Å²) in [6, 6.07) is 0. The van der Waals surface area contributed by atoms with Crippen molar-refractivity contribution in [3.63, 3.8) is 0 Å². The van der Waals surface area contributed by atoms with Crippen molar-refractivity contribution in [1.82, 2.24) is 10.2 Å². The molecule has 0 aliphatic carbocycles. The third kappa shape index (κ3) is 4.25. The molecule has 1 N–H and O–H groups in total. The third-order valence-corrected chi connectivity index (χ3v) is 2.41. The van der Waals surface area contributed by atoms with Crippen LogP contribution in [0.4, 0.5) is 0 Å². The summed E-state index contributed by atoms with van der Waals surface area (Å²) in [4.78, 5) is 24.6. The van der Waals surface area contributed by atoms with Crippen LogP contribution in [0.15, 0.2) is 12.2 Å². The highest BCUT2D eigenvalue weighted by Gasteiger charge is 2.16. The molecule has 84 valence electrons. The van der Waals surface area contributed by atoms with Crippen LogP contribution in [0.25, 0.3) is 0 Å². The molecule has 1 aliphatic heterocycles. The van der Waals surface area contributed by atoms with Gasteiger partial charge in [-0.25, -0.2) is 0 Å². The summed E-state index contributed by atoms with van der Waals surface area (Å²) in [7, 11) is 0. The number of nitrogens with one attached hydrogen (secondary N) is 1. The van der Waals surface area contributed by atoms with Crippen LogP contribution in [-0.4, -0.2) is 42.8 Å². The molecule has 1 saturated heterocycles. The average molecular weight is 210 g/mol. The van der Waals surface area contributed by atoms with Crippen molar-refractivity contribution in [2.24, 2.45) is 0 Å². The summed E-state index contributed by atoms with van der Waals surface area (Å²) in [5.74, 6) is 0.121. The van der Waals surface area contributed by atoms with Gasteiger partial charge in [0.1, 0.15) is 0 Å². The van der Waals surface area contributed by atoms with Gasteiger partial charge in [0.2, 0.25) is 5.91 Å². The van der Waals surface area contributed by atoms with Gasteiger partial charge in [-0.05, 0) is 13.0 Å². The van der Waals surface area contributed by atoms with E-state index in [0.717, 1.165) is 26.2 Å². The van der Waals surface area contributed by atoms with Gasteiger partial charge in [0, 0.05) is 39.0 Å². The Labute approximate surface area is 90.3 Å². The highest BCUT2D eigenvalue weighted by molar-refractivity contribution is 5.92. The van der Waals surface area contributed by atoms with E-state index >= 15 is 0 Å². The topological polar surface area (TPSA) is 49.4 Å². The Balaban J connectivity index is 2.25. The van der Waals surface area contributed by atoms with E-state index in [4.69, 9.17) is 0 Å². The Kier molecular flexibility index (Phi) is 5.04. The number of piperazine rings is 1. The first kappa shape index (κ1) is 11.9. The fourth-order valence-electron chi connectivity index (χ4n) is 1.57. The molecule has 1 fully saturated rings. The number of nitrogens with zero attached hydrogens (tertiary/aromatic N) is 1. The van der Waals surface area contributed by atoms with Crippen molar-refractivity contribution in [2.75, 3.05) is 26.2 Å². The van der Waals surface area contributed by atoms with Crippen molar-refractivity contribution in [2.45, 2.75) is 19.8 Å². The molecule has 1 amide bonds. The summed E-state index contributed by atoms with van der Waals surface area (Å²) >= 11 is 0. The highest BCUT2D eigenvalue weighted by atomic mass is 16.2. The molecule has 0 aromatic rings. The van der Waals surface area contributed by atoms with Crippen molar-refractivity contribution < 1.29 is 9.59 Å². The molecule has 0 radical (unpaired) electrons. The largest absolute Gasteiger partial charge is 0.340 e. The van der Waals surface area contributed by atoms with E-state index < -0.39 is 0 Å². The van der Waals surface area contributed by atoms with Crippen LogP contribution in [-0.2, 0) is 9.59 Å². The lowest BCUT2D eigenvalue weighted by Gasteiger charge is -2.27. The number of allylic oxidation sites excluding steroid dienone is 2. The Morgan fingerprint density at radius 3 is 2.53 bits per heavy atom. The maximum absolute atomic E-state index is 11.6. The van der Waals surface area contributed by atoms with Crippen LogP contribution in [0, 0.1) is 0 Å². The Bertz CT molecular complexity index is 255. The standard InChI is InChI=1S/C11H18N2O2/c1-2-3-10(14)4-5-11(15)13-8-6-12-7-9-13/h2-3,12H,4-9H2,1H3/b3-2+. The van der Waals surface area contributed by atoms with E-state index in [-0.39, 0.29) is 11.7 Å². The molecular formula is C11H18N2O2. The Hall–Kier alpha value is -1.16. The minimum atomic E-state index is 0.0287. The second kappa shape index (κ2) is 6.35. The fraction of sp³-hybridized carbons (Fsp3) is 0.636. The van der Waals surface area contributed by atoms with E-state index in [2.05, 4.69) is 5.32 Å². The van der Waals surface area contributed by atoms with Gasteiger partial charge < -0.3 is 10.2 Å². The second-order valence-electron chi connectivity index (χ2n) is 3.60. The van der Waals surface area contributed by atoms with Crippen molar-refractivity contribution in [3.05, 3.63) is 12.2 Å². The van der Waals surface area contributed by atoms with Crippen molar-refractivity contribution >= 4 is 11.7 Å². The van der Waals surface area contributed by atoms with Gasteiger partial charge in [0.25, 0.3) is 0 Å². The van der Waals surface area contributed by atoms with Gasteiger partial charge in [-0.3, -0.25) is 9.59 Å². The van der Waals surface area contributed by atoms with Crippen LogP contribution in [0.5, 0.6) is 0 Å². The van der Waals surface area contributed by atoms with Gasteiger partial charge >= 0.3 is 0 Å². The van der Waals surface area contributed by atoms with Crippen molar-refractivity contribution in [1.29, 1.82) is 0 Å². The number of carbonyl (C=O) groups is 2. The zero-order valence-electron chi connectivity index (χ0n) is 9.16. The maximum atomic E-state index is 11.6. The van der Waals surface area contributed by atoms with Crippen LogP contribution < -0.4 is 5.32 Å². The summed E-state index contributed by atoms with van der Waals surface area (Å²) in [6.07, 6.45) is 3.89. The van der Waals surface area contributed by atoms with Gasteiger partial charge in [-0.15, -0.1) is 0 Å². The monoisotopic (exact) mass is 210 g/mol. The van der Waals surface area contributed by atoms with E-state index in [1.54, 1.807) is 13.0 Å². The normalized spacial score (nSPS) is 17.0. The molecule has 0 atom stereocenters. The number of carbonyl (C=O) groups excluding carboxylic acids is 2. The molecule has 0 unspecified atom stereocenters. The van der Waals surface area contributed by atoms with Crippen LogP contribution in [0.2, 0.25) is 0 Å². The van der Waals surface area contributed by atoms with E-state index in [1.165, 1.54) is 6.08 Å². The van der Waals surface area contributed by atoms with Crippen LogP contribution in [0.1, 0.15) is 19.8 Å². The first-order valence-electron chi connectivity index (χ1n) is 5.38. The predicted octanol–water partition coefficient (Wildman–Crippen LogP) is 0.344. The first-order valence-corrected chi connectivity index (χ1v) is 5.38. The molecule has 0 spiro atoms. The van der Waals surface area contributed by atoms with E-state index in [1.807, 2.05) is 4.90 Å². The quantitative estimate of drug-likeness (QED) is 0.681. The Morgan fingerprint density at radius 2 is 1.93 bits per heavy atom. The molecule has 0 aromatic heterocycles. The molecule has 4 heteroatoms. The lowest BCUT2D eigenvalue weighted by atomic mass is 10.2. The van der Waals surface area contributed by atoms with Gasteiger partial charge in [-0.2, -0.15) is 0 Å². The molecule has 0 aromatic carbocycles. The van der Waals surface area contributed by atoms with Crippen LogP contribution >= 0.6 is 0 Å². The number of rotatable bonds is 4. The number of ketones is 1. The fourth-order valence-corrected chi connectivity index (χ4v) is 1.57. The molecule has 0 bridgehead atoms. The first-order chi connectivity index (χ1) is 7.24. The molecular weight excluding hydrogens is 192 g/mol. The summed E-state index contributed by atoms with van der Waals surface area (Å²) in [5.41, 5.74) is 0. The molecule has 15 heavy (non-hydrogen) atoms.